The highest BCUT2D eigenvalue weighted by Gasteiger charge is 2.13. The number of benzene rings is 1. The fraction of sp³-hybridized carbons (Fsp3) is 0.200. The Kier molecular flexibility index (Phi) is 5.11. The van der Waals surface area contributed by atoms with Gasteiger partial charge in [0.25, 0.3) is 5.91 Å². The number of halogens is 2. The molecule has 0 radical (unpaired) electrons. The Labute approximate surface area is 127 Å². The third-order valence-corrected chi connectivity index (χ3v) is 3.09. The molecule has 1 aromatic heterocycles. The van der Waals surface area contributed by atoms with E-state index in [4.69, 9.17) is 11.6 Å². The van der Waals surface area contributed by atoms with Crippen LogP contribution >= 0.6 is 11.6 Å². The number of para-hydroxylation sites is 1. The van der Waals surface area contributed by atoms with Crippen molar-refractivity contribution >= 4 is 28.9 Å². The van der Waals surface area contributed by atoms with Crippen LogP contribution in [0.3, 0.4) is 0 Å². The van der Waals surface area contributed by atoms with Crippen molar-refractivity contribution in [1.29, 1.82) is 0 Å². The van der Waals surface area contributed by atoms with Gasteiger partial charge in [0.15, 0.2) is 0 Å². The van der Waals surface area contributed by atoms with Crippen LogP contribution in [0.1, 0.15) is 23.8 Å². The lowest BCUT2D eigenvalue weighted by atomic mass is 10.2. The Morgan fingerprint density at radius 3 is 2.90 bits per heavy atom. The summed E-state index contributed by atoms with van der Waals surface area (Å²) in [4.78, 5) is 16.1. The van der Waals surface area contributed by atoms with E-state index >= 15 is 0 Å². The molecule has 2 rings (SSSR count). The maximum absolute atomic E-state index is 13.6. The molecule has 6 heteroatoms. The molecule has 0 aliphatic rings. The number of carbonyl (C=O) groups is 1. The second-order valence-electron chi connectivity index (χ2n) is 4.41. The number of rotatable bonds is 5. The van der Waals surface area contributed by atoms with Crippen molar-refractivity contribution in [2.75, 3.05) is 17.2 Å². The Morgan fingerprint density at radius 1 is 1.38 bits per heavy atom. The van der Waals surface area contributed by atoms with Crippen LogP contribution in [0.2, 0.25) is 5.02 Å². The molecule has 0 fully saturated rings. The molecule has 0 aliphatic carbocycles. The molecule has 0 spiro atoms. The van der Waals surface area contributed by atoms with Crippen LogP contribution < -0.4 is 10.6 Å². The van der Waals surface area contributed by atoms with Gasteiger partial charge in [-0.05, 0) is 30.7 Å². The summed E-state index contributed by atoms with van der Waals surface area (Å²) in [6.45, 7) is 2.84. The minimum absolute atomic E-state index is 0.0436. The average molecular weight is 308 g/mol. The molecule has 4 nitrogen and oxygen atoms in total. The molecular formula is C15H15ClFN3O. The Hall–Kier alpha value is -2.14. The van der Waals surface area contributed by atoms with Gasteiger partial charge in [0.05, 0.1) is 10.7 Å². The van der Waals surface area contributed by atoms with Crippen LogP contribution in [0.25, 0.3) is 0 Å². The standard InChI is InChI=1S/C15H15ClFN3O/c1-2-7-18-10-6-8-19-13(9-10)15(21)20-14-11(16)4-3-5-12(14)17/h3-6,8-9H,2,7H2,1H3,(H,18,19)(H,20,21). The molecule has 0 atom stereocenters. The maximum atomic E-state index is 13.6. The van der Waals surface area contributed by atoms with Gasteiger partial charge in [0, 0.05) is 18.4 Å². The number of nitrogens with zero attached hydrogens (tertiary/aromatic N) is 1. The molecule has 2 N–H and O–H groups in total. The van der Waals surface area contributed by atoms with Crippen LogP contribution in [-0.2, 0) is 0 Å². The molecule has 110 valence electrons. The van der Waals surface area contributed by atoms with E-state index in [-0.39, 0.29) is 16.4 Å². The van der Waals surface area contributed by atoms with Crippen molar-refractivity contribution < 1.29 is 9.18 Å². The summed E-state index contributed by atoms with van der Waals surface area (Å²) < 4.78 is 13.6. The third kappa shape index (κ3) is 3.92. The van der Waals surface area contributed by atoms with Gasteiger partial charge in [-0.25, -0.2) is 4.39 Å². The lowest BCUT2D eigenvalue weighted by molar-refractivity contribution is 0.102. The number of anilines is 2. The van der Waals surface area contributed by atoms with E-state index in [1.807, 2.05) is 6.92 Å². The van der Waals surface area contributed by atoms with E-state index in [9.17, 15) is 9.18 Å². The topological polar surface area (TPSA) is 54.0 Å². The van der Waals surface area contributed by atoms with Gasteiger partial charge in [-0.15, -0.1) is 0 Å². The summed E-state index contributed by atoms with van der Waals surface area (Å²) >= 11 is 5.87. The first-order valence-electron chi connectivity index (χ1n) is 6.57. The molecule has 0 bridgehead atoms. The SMILES string of the molecule is CCCNc1ccnc(C(=O)Nc2c(F)cccc2Cl)c1. The highest BCUT2D eigenvalue weighted by Crippen LogP contribution is 2.25. The van der Waals surface area contributed by atoms with Crippen molar-refractivity contribution in [3.8, 4) is 0 Å². The van der Waals surface area contributed by atoms with E-state index in [2.05, 4.69) is 15.6 Å². The quantitative estimate of drug-likeness (QED) is 0.879. The fourth-order valence-corrected chi connectivity index (χ4v) is 1.94. The van der Waals surface area contributed by atoms with E-state index in [1.54, 1.807) is 12.1 Å². The molecule has 21 heavy (non-hydrogen) atoms. The number of amides is 1. The number of pyridine rings is 1. The summed E-state index contributed by atoms with van der Waals surface area (Å²) in [7, 11) is 0. The van der Waals surface area contributed by atoms with Crippen LogP contribution in [0.15, 0.2) is 36.5 Å². The minimum Gasteiger partial charge on any atom is -0.385 e. The molecule has 1 aromatic carbocycles. The maximum Gasteiger partial charge on any atom is 0.274 e. The largest absolute Gasteiger partial charge is 0.385 e. The zero-order valence-electron chi connectivity index (χ0n) is 11.5. The predicted octanol–water partition coefficient (Wildman–Crippen LogP) is 3.95. The van der Waals surface area contributed by atoms with Gasteiger partial charge < -0.3 is 10.6 Å². The first kappa shape index (κ1) is 15.3. The van der Waals surface area contributed by atoms with E-state index in [1.165, 1.54) is 24.4 Å². The molecule has 1 amide bonds. The molecular weight excluding hydrogens is 293 g/mol. The zero-order valence-corrected chi connectivity index (χ0v) is 12.2. The van der Waals surface area contributed by atoms with Crippen LogP contribution in [0.4, 0.5) is 15.8 Å². The molecule has 0 saturated heterocycles. The van der Waals surface area contributed by atoms with Gasteiger partial charge >= 0.3 is 0 Å². The second kappa shape index (κ2) is 7.04. The number of hydrogen-bond donors (Lipinski definition) is 2. The molecule has 1 heterocycles. The molecule has 0 unspecified atom stereocenters. The predicted molar refractivity (Wildman–Crippen MR) is 82.4 cm³/mol. The second-order valence-corrected chi connectivity index (χ2v) is 4.81. The van der Waals surface area contributed by atoms with Gasteiger partial charge in [0.2, 0.25) is 0 Å². The summed E-state index contributed by atoms with van der Waals surface area (Å²) in [5, 5.41) is 5.74. The van der Waals surface area contributed by atoms with Gasteiger partial charge in [-0.1, -0.05) is 24.6 Å². The van der Waals surface area contributed by atoms with Crippen LogP contribution in [0, 0.1) is 5.82 Å². The van der Waals surface area contributed by atoms with E-state index in [0.717, 1.165) is 18.7 Å². The van der Waals surface area contributed by atoms with Gasteiger partial charge in [-0.3, -0.25) is 9.78 Å². The summed E-state index contributed by atoms with van der Waals surface area (Å²) in [6, 6.07) is 7.59. The Bertz CT molecular complexity index is 628. The minimum atomic E-state index is -0.587. The summed E-state index contributed by atoms with van der Waals surface area (Å²) in [6.07, 6.45) is 2.49. The van der Waals surface area contributed by atoms with Crippen LogP contribution in [0.5, 0.6) is 0 Å². The normalized spacial score (nSPS) is 10.2. The summed E-state index contributed by atoms with van der Waals surface area (Å²) in [5.74, 6) is -1.10. The van der Waals surface area contributed by atoms with Crippen molar-refractivity contribution in [3.05, 3.63) is 53.1 Å². The number of carbonyl (C=O) groups excluding carboxylic acids is 1. The Balaban J connectivity index is 2.17. The van der Waals surface area contributed by atoms with Gasteiger partial charge in [0.1, 0.15) is 11.5 Å². The van der Waals surface area contributed by atoms with Crippen molar-refractivity contribution in [1.82, 2.24) is 4.98 Å². The Morgan fingerprint density at radius 2 is 2.19 bits per heavy atom. The van der Waals surface area contributed by atoms with Crippen molar-refractivity contribution in [2.24, 2.45) is 0 Å². The molecule has 0 aliphatic heterocycles. The third-order valence-electron chi connectivity index (χ3n) is 2.77. The number of aromatic nitrogens is 1. The van der Waals surface area contributed by atoms with Gasteiger partial charge in [-0.2, -0.15) is 0 Å². The fourth-order valence-electron chi connectivity index (χ4n) is 1.73. The highest BCUT2D eigenvalue weighted by molar-refractivity contribution is 6.33. The highest BCUT2D eigenvalue weighted by atomic mass is 35.5. The molecule has 0 saturated carbocycles. The zero-order chi connectivity index (χ0) is 15.2. The molecule has 2 aromatic rings. The van der Waals surface area contributed by atoms with E-state index < -0.39 is 11.7 Å². The van der Waals surface area contributed by atoms with Crippen molar-refractivity contribution in [2.45, 2.75) is 13.3 Å². The van der Waals surface area contributed by atoms with Crippen molar-refractivity contribution in [3.63, 3.8) is 0 Å². The monoisotopic (exact) mass is 307 g/mol. The summed E-state index contributed by atoms with van der Waals surface area (Å²) in [5.41, 5.74) is 0.935. The smallest absolute Gasteiger partial charge is 0.274 e. The average Bonchev–Trinajstić information content (AvgIpc) is 2.49. The number of nitrogens with one attached hydrogen (secondary N) is 2. The van der Waals surface area contributed by atoms with E-state index in [0.29, 0.717) is 0 Å². The number of hydrogen-bond acceptors (Lipinski definition) is 3. The lowest BCUT2D eigenvalue weighted by Crippen LogP contribution is -2.15. The van der Waals surface area contributed by atoms with Crippen LogP contribution in [-0.4, -0.2) is 17.4 Å². The first-order chi connectivity index (χ1) is 10.1. The first-order valence-corrected chi connectivity index (χ1v) is 6.95. The lowest BCUT2D eigenvalue weighted by Gasteiger charge is -2.09.